The zero-order valence-corrected chi connectivity index (χ0v) is 21.2. The van der Waals surface area contributed by atoms with Crippen molar-refractivity contribution < 1.29 is 14.3 Å². The number of para-hydroxylation sites is 2. The Morgan fingerprint density at radius 1 is 1.06 bits per heavy atom. The lowest BCUT2D eigenvalue weighted by atomic mass is 10.2. The van der Waals surface area contributed by atoms with Gasteiger partial charge in [0.2, 0.25) is 5.91 Å². The molecule has 0 spiro atoms. The number of carbonyl (C=O) groups excluding carboxylic acids is 1. The topological polar surface area (TPSA) is 109 Å². The lowest BCUT2D eigenvalue weighted by Gasteiger charge is -2.36. The van der Waals surface area contributed by atoms with Crippen LogP contribution in [0.4, 0.5) is 11.4 Å². The molecule has 0 bridgehead atoms. The third-order valence-corrected chi connectivity index (χ3v) is 6.19. The number of aromatic nitrogens is 2. The summed E-state index contributed by atoms with van der Waals surface area (Å²) in [7, 11) is 1.67. The molecular formula is C26H33N5O5. The van der Waals surface area contributed by atoms with Gasteiger partial charge in [0.15, 0.2) is 0 Å². The Bertz CT molecular complexity index is 1360. The minimum atomic E-state index is -0.470. The summed E-state index contributed by atoms with van der Waals surface area (Å²) in [6.45, 7) is 9.20. The van der Waals surface area contributed by atoms with Gasteiger partial charge in [0.05, 0.1) is 35.5 Å². The Morgan fingerprint density at radius 3 is 2.44 bits per heavy atom. The number of aromatic amines is 1. The van der Waals surface area contributed by atoms with E-state index in [1.165, 1.54) is 11.5 Å². The van der Waals surface area contributed by atoms with Gasteiger partial charge in [0.25, 0.3) is 5.56 Å². The van der Waals surface area contributed by atoms with Gasteiger partial charge in [0, 0.05) is 52.3 Å². The van der Waals surface area contributed by atoms with Gasteiger partial charge in [-0.2, -0.15) is 0 Å². The minimum absolute atomic E-state index is 0.148. The van der Waals surface area contributed by atoms with Crippen LogP contribution < -0.4 is 30.9 Å². The first kappa shape index (κ1) is 25.3. The Morgan fingerprint density at radius 2 is 1.78 bits per heavy atom. The lowest BCUT2D eigenvalue weighted by molar-refractivity contribution is -0.114. The largest absolute Gasteiger partial charge is 0.495 e. The normalized spacial score (nSPS) is 14.3. The predicted octanol–water partition coefficient (Wildman–Crippen LogP) is 2.27. The standard InChI is InChI=1S/C26H33N5O5/c1-17(2)36-24-16-20-19(15-21(24)27-18(3)32)25(33)31(26(34)28-20)14-11-29-9-12-30(13-10-29)22-7-5-6-8-23(22)35-4/h5-8,15-17H,9-14H2,1-4H3,(H,27,32)(H,28,34). The number of H-pyrrole nitrogens is 1. The number of piperazine rings is 1. The second-order valence-electron chi connectivity index (χ2n) is 9.13. The first-order valence-corrected chi connectivity index (χ1v) is 12.1. The number of amides is 1. The van der Waals surface area contributed by atoms with E-state index >= 15 is 0 Å². The smallest absolute Gasteiger partial charge is 0.328 e. The molecule has 192 valence electrons. The van der Waals surface area contributed by atoms with Crippen molar-refractivity contribution >= 4 is 28.2 Å². The van der Waals surface area contributed by atoms with E-state index in [1.807, 2.05) is 32.0 Å². The molecule has 2 N–H and O–H groups in total. The molecule has 2 heterocycles. The van der Waals surface area contributed by atoms with E-state index in [-0.39, 0.29) is 18.6 Å². The number of nitrogens with zero attached hydrogens (tertiary/aromatic N) is 3. The molecule has 4 rings (SSSR count). The Balaban J connectivity index is 1.51. The molecule has 36 heavy (non-hydrogen) atoms. The molecule has 1 aliphatic rings. The maximum absolute atomic E-state index is 13.2. The second kappa shape index (κ2) is 10.9. The Labute approximate surface area is 209 Å². The zero-order chi connectivity index (χ0) is 25.8. The number of ether oxygens (including phenoxy) is 2. The van der Waals surface area contributed by atoms with Gasteiger partial charge >= 0.3 is 5.69 Å². The summed E-state index contributed by atoms with van der Waals surface area (Å²) in [6.07, 6.45) is -0.148. The Kier molecular flexibility index (Phi) is 7.64. The van der Waals surface area contributed by atoms with Crippen molar-refractivity contribution in [3.05, 3.63) is 57.2 Å². The van der Waals surface area contributed by atoms with E-state index in [4.69, 9.17) is 9.47 Å². The van der Waals surface area contributed by atoms with Crippen LogP contribution in [0.25, 0.3) is 10.9 Å². The molecule has 1 fully saturated rings. The maximum atomic E-state index is 13.2. The van der Waals surface area contributed by atoms with E-state index in [9.17, 15) is 14.4 Å². The summed E-state index contributed by atoms with van der Waals surface area (Å²) in [6, 6.07) is 11.1. The number of anilines is 2. The van der Waals surface area contributed by atoms with Gasteiger partial charge in [-0.25, -0.2) is 4.79 Å². The van der Waals surface area contributed by atoms with Gasteiger partial charge < -0.3 is 24.7 Å². The fourth-order valence-electron chi connectivity index (χ4n) is 4.47. The van der Waals surface area contributed by atoms with Gasteiger partial charge in [-0.15, -0.1) is 0 Å². The number of benzene rings is 2. The molecule has 1 aliphatic heterocycles. The average molecular weight is 496 g/mol. The van der Waals surface area contributed by atoms with E-state index < -0.39 is 11.2 Å². The van der Waals surface area contributed by atoms with Crippen LogP contribution in [-0.4, -0.2) is 66.3 Å². The quantitative estimate of drug-likeness (QED) is 0.493. The fraction of sp³-hybridized carbons (Fsp3) is 0.423. The van der Waals surface area contributed by atoms with E-state index in [0.29, 0.717) is 28.9 Å². The molecule has 0 atom stereocenters. The SMILES string of the molecule is COc1ccccc1N1CCN(CCn2c(=O)[nH]c3cc(OC(C)C)c(NC(C)=O)cc3c2=O)CC1. The zero-order valence-electron chi connectivity index (χ0n) is 21.2. The summed E-state index contributed by atoms with van der Waals surface area (Å²) in [5.74, 6) is 0.967. The summed E-state index contributed by atoms with van der Waals surface area (Å²) in [5.41, 5.74) is 0.966. The fourth-order valence-corrected chi connectivity index (χ4v) is 4.47. The van der Waals surface area contributed by atoms with Crippen molar-refractivity contribution in [2.45, 2.75) is 33.4 Å². The first-order chi connectivity index (χ1) is 17.3. The number of hydrogen-bond acceptors (Lipinski definition) is 7. The number of hydrogen-bond donors (Lipinski definition) is 2. The van der Waals surface area contributed by atoms with Crippen LogP contribution in [0.3, 0.4) is 0 Å². The summed E-state index contributed by atoms with van der Waals surface area (Å²) < 4.78 is 12.5. The monoisotopic (exact) mass is 495 g/mol. The van der Waals surface area contributed by atoms with Crippen LogP contribution in [0.15, 0.2) is 46.0 Å². The molecule has 1 aromatic heterocycles. The van der Waals surface area contributed by atoms with Crippen LogP contribution in [0.1, 0.15) is 20.8 Å². The molecule has 10 heteroatoms. The van der Waals surface area contributed by atoms with Crippen molar-refractivity contribution in [2.24, 2.45) is 0 Å². The van der Waals surface area contributed by atoms with Gasteiger partial charge in [-0.1, -0.05) is 12.1 Å². The van der Waals surface area contributed by atoms with Gasteiger partial charge in [0.1, 0.15) is 11.5 Å². The molecule has 2 aromatic carbocycles. The lowest BCUT2D eigenvalue weighted by Crippen LogP contribution is -2.48. The average Bonchev–Trinajstić information content (AvgIpc) is 2.84. The molecular weight excluding hydrogens is 462 g/mol. The maximum Gasteiger partial charge on any atom is 0.328 e. The number of methoxy groups -OCH3 is 1. The van der Waals surface area contributed by atoms with E-state index in [0.717, 1.165) is 37.6 Å². The van der Waals surface area contributed by atoms with Crippen LogP contribution in [0.2, 0.25) is 0 Å². The predicted molar refractivity (Wildman–Crippen MR) is 141 cm³/mol. The third-order valence-electron chi connectivity index (χ3n) is 6.19. The molecule has 0 radical (unpaired) electrons. The molecule has 10 nitrogen and oxygen atoms in total. The van der Waals surface area contributed by atoms with Gasteiger partial charge in [-0.3, -0.25) is 19.1 Å². The van der Waals surface area contributed by atoms with Crippen molar-refractivity contribution in [1.29, 1.82) is 0 Å². The summed E-state index contributed by atoms with van der Waals surface area (Å²) in [5, 5.41) is 3.03. The van der Waals surface area contributed by atoms with Crippen molar-refractivity contribution in [3.8, 4) is 11.5 Å². The number of fused-ring (bicyclic) bond motifs is 1. The van der Waals surface area contributed by atoms with E-state index in [1.54, 1.807) is 19.2 Å². The van der Waals surface area contributed by atoms with Gasteiger partial charge in [-0.05, 0) is 32.0 Å². The highest BCUT2D eigenvalue weighted by molar-refractivity contribution is 5.94. The number of carbonyl (C=O) groups is 1. The molecule has 0 saturated carbocycles. The Hall–Kier alpha value is -3.79. The molecule has 1 saturated heterocycles. The van der Waals surface area contributed by atoms with E-state index in [2.05, 4.69) is 26.2 Å². The molecule has 3 aromatic rings. The van der Waals surface area contributed by atoms with Crippen molar-refractivity contribution in [2.75, 3.05) is 50.1 Å². The van der Waals surface area contributed by atoms with Crippen molar-refractivity contribution in [3.63, 3.8) is 0 Å². The highest BCUT2D eigenvalue weighted by Gasteiger charge is 2.20. The first-order valence-electron chi connectivity index (χ1n) is 12.1. The number of rotatable bonds is 8. The van der Waals surface area contributed by atoms with Crippen LogP contribution >= 0.6 is 0 Å². The highest BCUT2D eigenvalue weighted by Crippen LogP contribution is 2.30. The molecule has 0 aliphatic carbocycles. The summed E-state index contributed by atoms with van der Waals surface area (Å²) in [4.78, 5) is 45.1. The molecule has 1 amide bonds. The third kappa shape index (κ3) is 5.54. The van der Waals surface area contributed by atoms with Crippen LogP contribution in [-0.2, 0) is 11.3 Å². The minimum Gasteiger partial charge on any atom is -0.495 e. The van der Waals surface area contributed by atoms with Crippen molar-refractivity contribution in [1.82, 2.24) is 14.5 Å². The summed E-state index contributed by atoms with van der Waals surface area (Å²) >= 11 is 0. The van der Waals surface area contributed by atoms with Crippen LogP contribution in [0.5, 0.6) is 11.5 Å². The molecule has 0 unspecified atom stereocenters. The number of nitrogens with one attached hydrogen (secondary N) is 2. The van der Waals surface area contributed by atoms with Crippen LogP contribution in [0, 0.1) is 0 Å². The second-order valence-corrected chi connectivity index (χ2v) is 9.13. The highest BCUT2D eigenvalue weighted by atomic mass is 16.5.